The van der Waals surface area contributed by atoms with Gasteiger partial charge in [0.2, 0.25) is 0 Å². The molecule has 5 rings (SSSR count). The summed E-state index contributed by atoms with van der Waals surface area (Å²) in [6.45, 7) is 4.06. The topological polar surface area (TPSA) is 128 Å². The number of aromatic nitrogens is 2. The zero-order valence-electron chi connectivity index (χ0n) is 28.0. The fourth-order valence-corrected chi connectivity index (χ4v) is 8.44. The van der Waals surface area contributed by atoms with E-state index in [-0.39, 0.29) is 44.3 Å². The predicted molar refractivity (Wildman–Crippen MR) is 199 cm³/mol. The van der Waals surface area contributed by atoms with Crippen LogP contribution in [-0.4, -0.2) is 34.4 Å². The van der Waals surface area contributed by atoms with Gasteiger partial charge in [0.25, 0.3) is 15.9 Å². The van der Waals surface area contributed by atoms with Gasteiger partial charge in [-0.15, -0.1) is 0 Å². The van der Waals surface area contributed by atoms with Crippen molar-refractivity contribution < 1.29 is 22.2 Å². The average molecular weight is 766 g/mol. The molecule has 0 saturated carbocycles. The molecule has 0 aliphatic rings. The number of nitrogens with one attached hydrogen (secondary N) is 1. The van der Waals surface area contributed by atoms with Gasteiger partial charge in [0.05, 0.1) is 31.9 Å². The molecule has 1 heterocycles. The maximum Gasteiger partial charge on any atom is 0.266 e. The number of nitriles is 1. The van der Waals surface area contributed by atoms with Crippen LogP contribution in [0.2, 0.25) is 10.0 Å². The number of hydrogen-bond acceptors (Lipinski definition) is 6. The van der Waals surface area contributed by atoms with Crippen LogP contribution in [0.15, 0.2) is 94.7 Å². The van der Waals surface area contributed by atoms with E-state index in [4.69, 9.17) is 28.3 Å². The molecule has 264 valence electrons. The second-order valence-corrected chi connectivity index (χ2v) is 15.8. The summed E-state index contributed by atoms with van der Waals surface area (Å²) >= 11 is 11.4. The lowest BCUT2D eigenvalue weighted by atomic mass is 9.97. The van der Waals surface area contributed by atoms with E-state index in [1.165, 1.54) is 41.1 Å². The third kappa shape index (κ3) is 8.66. The zero-order valence-corrected chi connectivity index (χ0v) is 31.1. The summed E-state index contributed by atoms with van der Waals surface area (Å²) in [5.41, 5.74) is 2.47. The van der Waals surface area contributed by atoms with Gasteiger partial charge >= 0.3 is 0 Å². The Morgan fingerprint density at radius 1 is 0.980 bits per heavy atom. The molecule has 0 fully saturated rings. The second kappa shape index (κ2) is 16.9. The molecule has 1 amide bonds. The molecule has 0 aliphatic carbocycles. The van der Waals surface area contributed by atoms with Crippen molar-refractivity contribution in [1.82, 2.24) is 14.5 Å². The van der Waals surface area contributed by atoms with Crippen LogP contribution in [0.1, 0.15) is 72.4 Å². The number of rotatable bonds is 14. The monoisotopic (exact) mass is 764 g/mol. The summed E-state index contributed by atoms with van der Waals surface area (Å²) in [6, 6.07) is 23.7. The van der Waals surface area contributed by atoms with E-state index >= 15 is 4.39 Å². The van der Waals surface area contributed by atoms with Crippen molar-refractivity contribution in [1.29, 1.82) is 5.26 Å². The minimum absolute atomic E-state index is 0.00842. The lowest BCUT2D eigenvalue weighted by Gasteiger charge is -2.13. The van der Waals surface area contributed by atoms with Crippen molar-refractivity contribution >= 4 is 50.3 Å². The third-order valence-electron chi connectivity index (χ3n) is 8.29. The zero-order chi connectivity index (χ0) is 36.7. The first-order valence-corrected chi connectivity index (χ1v) is 19.9. The molecule has 1 atom stereocenters. The van der Waals surface area contributed by atoms with Crippen LogP contribution in [-0.2, 0) is 34.0 Å². The predicted octanol–water partition coefficient (Wildman–Crippen LogP) is 8.82. The van der Waals surface area contributed by atoms with Crippen LogP contribution >= 0.6 is 23.2 Å². The highest BCUT2D eigenvalue weighted by atomic mass is 35.5. The van der Waals surface area contributed by atoms with Gasteiger partial charge < -0.3 is 4.55 Å². The molecule has 5 aromatic rings. The maximum atomic E-state index is 16.0. The number of carbonyl (C=O) groups excluding carboxylic acids is 1. The Morgan fingerprint density at radius 3 is 2.41 bits per heavy atom. The smallest absolute Gasteiger partial charge is 0.266 e. The van der Waals surface area contributed by atoms with Gasteiger partial charge in [-0.1, -0.05) is 92.4 Å². The van der Waals surface area contributed by atoms with Gasteiger partial charge in [0, 0.05) is 23.6 Å². The van der Waals surface area contributed by atoms with Crippen molar-refractivity contribution in [2.24, 2.45) is 0 Å². The number of sulfonamides is 1. The summed E-state index contributed by atoms with van der Waals surface area (Å²) in [5.74, 6) is -1.02. The molecule has 0 aliphatic heterocycles. The van der Waals surface area contributed by atoms with Crippen LogP contribution in [0.3, 0.4) is 0 Å². The molecular weight excluding hydrogens is 730 g/mol. The van der Waals surface area contributed by atoms with Crippen molar-refractivity contribution in [3.05, 3.63) is 129 Å². The van der Waals surface area contributed by atoms with E-state index in [2.05, 4.69) is 10.8 Å². The summed E-state index contributed by atoms with van der Waals surface area (Å²) in [6.07, 6.45) is 3.92. The number of unbranched alkanes of at least 4 members (excludes halogenated alkanes) is 2. The van der Waals surface area contributed by atoms with Crippen LogP contribution in [0.25, 0.3) is 16.8 Å². The standard InChI is InChI=1S/C38H35Cl2FN4O4S2/c1-3-5-14-34-30(36(24-42)45(43-34)35-23-27(18-19-32(35)40)50(47)20-6-4-2)21-26-17-16-25(22-33(26)41)28-11-8-10-15-37(28)51(48,49)44-38(46)29-12-7-9-13-31(29)39/h7-13,15-19,22-23H,3-6,14,20-21H2,1-2H3,(H,44,46). The SMILES string of the molecule is CCCCc1nn(-c2cc([S+]([O-])CCCC)ccc2Cl)c(C#N)c1Cc1ccc(-c2ccccc2S(=O)(=O)NC(=O)c2ccccc2Cl)cc1F. The van der Waals surface area contributed by atoms with Crippen LogP contribution < -0.4 is 4.72 Å². The molecule has 51 heavy (non-hydrogen) atoms. The van der Waals surface area contributed by atoms with Crippen LogP contribution in [0.5, 0.6) is 0 Å². The van der Waals surface area contributed by atoms with Crippen molar-refractivity contribution in [2.75, 3.05) is 5.75 Å². The molecule has 13 heteroatoms. The van der Waals surface area contributed by atoms with Crippen LogP contribution in [0.4, 0.5) is 4.39 Å². The molecule has 4 aromatic carbocycles. The maximum absolute atomic E-state index is 16.0. The number of nitrogens with zero attached hydrogens (tertiary/aromatic N) is 3. The summed E-state index contributed by atoms with van der Waals surface area (Å²) in [4.78, 5) is 13.2. The minimum atomic E-state index is -4.40. The molecule has 0 saturated heterocycles. The first-order valence-electron chi connectivity index (χ1n) is 16.4. The van der Waals surface area contributed by atoms with Gasteiger partial charge in [-0.25, -0.2) is 22.2 Å². The highest BCUT2D eigenvalue weighted by Gasteiger charge is 2.26. The van der Waals surface area contributed by atoms with E-state index < -0.39 is 32.9 Å². The number of benzene rings is 4. The van der Waals surface area contributed by atoms with Crippen molar-refractivity contribution in [3.63, 3.8) is 0 Å². The van der Waals surface area contributed by atoms with Crippen molar-refractivity contribution in [3.8, 4) is 22.9 Å². The molecule has 0 bridgehead atoms. The Morgan fingerprint density at radius 2 is 1.71 bits per heavy atom. The number of aryl methyl sites for hydroxylation is 1. The fraction of sp³-hybridized carbons (Fsp3) is 0.237. The molecule has 0 radical (unpaired) electrons. The Labute approximate surface area is 310 Å². The first-order chi connectivity index (χ1) is 24.5. The van der Waals surface area contributed by atoms with E-state index in [0.717, 1.165) is 25.7 Å². The largest absolute Gasteiger partial charge is 0.611 e. The lowest BCUT2D eigenvalue weighted by Crippen LogP contribution is -2.31. The highest BCUT2D eigenvalue weighted by Crippen LogP contribution is 2.32. The van der Waals surface area contributed by atoms with E-state index in [1.54, 1.807) is 48.5 Å². The average Bonchev–Trinajstić information content (AvgIpc) is 3.47. The molecule has 1 N–H and O–H groups in total. The first kappa shape index (κ1) is 38.1. The van der Waals surface area contributed by atoms with Crippen molar-refractivity contribution in [2.45, 2.75) is 62.2 Å². The summed E-state index contributed by atoms with van der Waals surface area (Å²) < 4.78 is 59.3. The third-order valence-corrected chi connectivity index (χ3v) is 11.8. The molecule has 1 unspecified atom stereocenters. The lowest BCUT2D eigenvalue weighted by molar-refractivity contribution is 0.0981. The van der Waals surface area contributed by atoms with Gasteiger partial charge in [-0.3, -0.25) is 4.79 Å². The minimum Gasteiger partial charge on any atom is -0.611 e. The van der Waals surface area contributed by atoms with Gasteiger partial charge in [0.1, 0.15) is 23.3 Å². The quantitative estimate of drug-likeness (QED) is 0.113. The number of carbonyl (C=O) groups is 1. The summed E-state index contributed by atoms with van der Waals surface area (Å²) in [7, 11) is -4.40. The Hall–Kier alpha value is -4.18. The Balaban J connectivity index is 1.50. The molecule has 0 spiro atoms. The Bertz CT molecular complexity index is 2220. The number of halogens is 3. The normalized spacial score (nSPS) is 12.0. The van der Waals surface area contributed by atoms with Gasteiger partial charge in [0.15, 0.2) is 4.90 Å². The number of hydrogen-bond donors (Lipinski definition) is 1. The van der Waals surface area contributed by atoms with E-state index in [9.17, 15) is 23.0 Å². The van der Waals surface area contributed by atoms with E-state index in [1.807, 2.05) is 13.8 Å². The van der Waals surface area contributed by atoms with Gasteiger partial charge in [-0.05, 0) is 78.0 Å². The highest BCUT2D eigenvalue weighted by molar-refractivity contribution is 7.91. The van der Waals surface area contributed by atoms with Gasteiger partial charge in [-0.2, -0.15) is 10.4 Å². The molecule has 8 nitrogen and oxygen atoms in total. The molecular formula is C38H35Cl2FN4O4S2. The number of amides is 1. The Kier molecular flexibility index (Phi) is 12.6. The fourth-order valence-electron chi connectivity index (χ4n) is 5.57. The van der Waals surface area contributed by atoms with E-state index in [0.29, 0.717) is 39.0 Å². The second-order valence-electron chi connectivity index (χ2n) is 11.8. The molecule has 1 aromatic heterocycles. The summed E-state index contributed by atoms with van der Waals surface area (Å²) in [5, 5.41) is 15.6. The van der Waals surface area contributed by atoms with Crippen LogP contribution in [0, 0.1) is 17.1 Å².